The van der Waals surface area contributed by atoms with E-state index in [1.165, 1.54) is 0 Å². The molecular formula is H8N2O6Zn+6. The Balaban J connectivity index is -0.00000000468. The van der Waals surface area contributed by atoms with Gasteiger partial charge in [0.1, 0.15) is 0 Å². The van der Waals surface area contributed by atoms with Gasteiger partial charge in [0.2, 0.25) is 0 Å². The summed E-state index contributed by atoms with van der Waals surface area (Å²) >= 11 is 0. The van der Waals surface area contributed by atoms with Crippen LogP contribution in [0.5, 0.6) is 0 Å². The van der Waals surface area contributed by atoms with Crippen molar-refractivity contribution in [1.82, 2.24) is 0 Å². The van der Waals surface area contributed by atoms with Gasteiger partial charge in [0, 0.05) is 19.5 Å². The molecule has 0 aromatic carbocycles. The van der Waals surface area contributed by atoms with Gasteiger partial charge in [0.15, 0.2) is 0 Å². The number of nitrogens with zero attached hydrogens (tertiary/aromatic N) is 2. The Morgan fingerprint density at radius 3 is 1.11 bits per heavy atom. The maximum atomic E-state index is 8.36. The molecule has 0 aliphatic carbocycles. The van der Waals surface area contributed by atoms with E-state index in [0.29, 0.717) is 0 Å². The quantitative estimate of drug-likeness (QED) is 0.319. The number of rotatable bonds is 0. The molecule has 0 aliphatic heterocycles. The zero-order valence-electron chi connectivity index (χ0n) is 10.1. The average molecular weight is 197 g/mol. The van der Waals surface area contributed by atoms with Gasteiger partial charge in [-0.2, -0.15) is 0 Å². The Morgan fingerprint density at radius 1 is 1.11 bits per heavy atom. The van der Waals surface area contributed by atoms with Crippen LogP contribution in [0.15, 0.2) is 0 Å². The van der Waals surface area contributed by atoms with E-state index < -0.39 is 10.2 Å². The van der Waals surface area contributed by atoms with E-state index in [0.717, 1.165) is 0 Å². The molecule has 0 saturated carbocycles. The Bertz CT molecular complexity index is 83.6. The fourth-order valence-electron chi connectivity index (χ4n) is 0. The molecule has 0 aliphatic rings. The summed E-state index contributed by atoms with van der Waals surface area (Å²) in [6.45, 7) is 0. The smallest absolute Gasteiger partial charge is 0.328 e. The summed E-state index contributed by atoms with van der Waals surface area (Å²) in [5, 5.41) is 27.3. The minimum atomic E-state index is -1.50. The summed E-state index contributed by atoms with van der Waals surface area (Å²) in [6.07, 6.45) is 0. The summed E-state index contributed by atoms with van der Waals surface area (Å²) in [7, 11) is 0. The average Bonchev–Trinajstić information content (AvgIpc) is 1.25. The first kappa shape index (κ1) is 15.7. The normalized spacial score (nSPS) is 5.33. The summed E-state index contributed by atoms with van der Waals surface area (Å²) in [5.41, 5.74) is 0. The van der Waals surface area contributed by atoms with Crippen molar-refractivity contribution >= 4 is 0 Å². The van der Waals surface area contributed by atoms with Crippen molar-refractivity contribution in [3.8, 4) is 0 Å². The second kappa shape index (κ2) is 10.1. The van der Waals surface area contributed by atoms with E-state index in [9.17, 15) is 0 Å². The van der Waals surface area contributed by atoms with E-state index in [4.69, 9.17) is 30.6 Å². The van der Waals surface area contributed by atoms with Gasteiger partial charge in [0.25, 0.3) is 10.2 Å². The van der Waals surface area contributed by atoms with Crippen LogP contribution in [0, 0.1) is 20.2 Å². The van der Waals surface area contributed by atoms with E-state index in [-0.39, 0.29) is 28.0 Å². The van der Waals surface area contributed by atoms with Crippen LogP contribution in [0.2, 0.25) is 0 Å². The largest absolute Gasteiger partial charge is 1.00 e. The molecule has 0 fully saturated rings. The van der Waals surface area contributed by atoms with Crippen molar-refractivity contribution in [2.75, 3.05) is 0 Å². The summed E-state index contributed by atoms with van der Waals surface area (Å²) in [5.74, 6) is 0. The molecule has 0 rings (SSSR count). The predicted octanol–water partition coefficient (Wildman–Crippen LogP) is -0.0229. The minimum absolute atomic E-state index is 0. The first-order valence-corrected chi connectivity index (χ1v) is 1.13. The molecular weight excluding hydrogens is 189 g/mol. The van der Waals surface area contributed by atoms with Crippen molar-refractivity contribution < 1.29 is 48.6 Å². The molecule has 0 heterocycles. The van der Waals surface area contributed by atoms with Crippen molar-refractivity contribution in [1.29, 1.82) is 0 Å². The van der Waals surface area contributed by atoms with E-state index in [2.05, 4.69) is 0 Å². The Labute approximate surface area is 70.0 Å². The van der Waals surface area contributed by atoms with Crippen LogP contribution in [0.3, 0.4) is 0 Å². The zero-order chi connectivity index (χ0) is 7.15. The Hall–Kier alpha value is -0.977. The predicted molar refractivity (Wildman–Crippen MR) is 24.2 cm³/mol. The molecule has 9 heteroatoms. The topological polar surface area (TPSA) is 127 Å². The monoisotopic (exact) mass is 196 g/mol. The minimum Gasteiger partial charge on any atom is -0.328 e. The van der Waals surface area contributed by atoms with Gasteiger partial charge in [-0.05, 0) is 0 Å². The van der Waals surface area contributed by atoms with Crippen molar-refractivity contribution in [3.63, 3.8) is 0 Å². The Kier molecular flexibility index (Phi) is 17.6. The van der Waals surface area contributed by atoms with Gasteiger partial charge in [-0.15, -0.1) is 20.2 Å². The van der Waals surface area contributed by atoms with E-state index in [1.807, 2.05) is 0 Å². The van der Waals surface area contributed by atoms with Gasteiger partial charge in [-0.1, -0.05) is 0 Å². The number of hydrogen-bond acceptors (Lipinski definition) is 4. The maximum absolute atomic E-state index is 8.36. The van der Waals surface area contributed by atoms with Crippen molar-refractivity contribution in [2.24, 2.45) is 0 Å². The Morgan fingerprint density at radius 2 is 1.11 bits per heavy atom. The standard InChI is InChI=1S/2HNO3.Zn/c2*2-1(3)4;/h2*(H,2,3,4);/p+6. The van der Waals surface area contributed by atoms with Crippen molar-refractivity contribution in [3.05, 3.63) is 20.2 Å². The number of hydrogen-bond donors (Lipinski definition) is 2. The van der Waals surface area contributed by atoms with Gasteiger partial charge in [-0.25, -0.2) is 0 Å². The third kappa shape index (κ3) is 186. The summed E-state index contributed by atoms with van der Waals surface area (Å²) < 4.78 is 0. The van der Waals surface area contributed by atoms with Crippen LogP contribution in [0.4, 0.5) is 0 Å². The van der Waals surface area contributed by atoms with E-state index >= 15 is 0 Å². The molecule has 50 valence electrons. The van der Waals surface area contributed by atoms with E-state index in [1.54, 1.807) is 0 Å². The van der Waals surface area contributed by atoms with Gasteiger partial charge in [-0.3, -0.25) is 0 Å². The van der Waals surface area contributed by atoms with Crippen LogP contribution in [0.25, 0.3) is 0 Å². The molecule has 0 aromatic heterocycles. The molecule has 0 saturated heterocycles. The molecule has 0 spiro atoms. The first-order valence-electron chi connectivity index (χ1n) is 1.13. The molecule has 9 heavy (non-hydrogen) atoms. The first-order chi connectivity index (χ1) is 3.46. The molecule has 0 bridgehead atoms. The van der Waals surface area contributed by atoms with Gasteiger partial charge >= 0.3 is 8.56 Å². The van der Waals surface area contributed by atoms with Crippen molar-refractivity contribution in [2.45, 2.75) is 0 Å². The van der Waals surface area contributed by atoms with Crippen LogP contribution in [-0.4, -0.2) is 20.6 Å². The second-order valence-corrected chi connectivity index (χ2v) is 0.476. The maximum Gasteiger partial charge on any atom is 1.00 e. The third-order valence-electron chi connectivity index (χ3n) is 0. The van der Waals surface area contributed by atoms with Crippen LogP contribution in [0.1, 0.15) is 8.56 Å². The molecule has 0 radical (unpaired) electrons. The fraction of sp³-hybridized carbons (Fsp3) is 0. The molecule has 0 aromatic rings. The third-order valence-corrected chi connectivity index (χ3v) is 0. The van der Waals surface area contributed by atoms with Gasteiger partial charge in [0.05, 0.1) is 0 Å². The van der Waals surface area contributed by atoms with Gasteiger partial charge < -0.3 is 10.4 Å². The molecule has 2 N–H and O–H groups in total. The van der Waals surface area contributed by atoms with Crippen LogP contribution in [-0.2, 0) is 19.5 Å². The molecule has 0 amide bonds. The summed E-state index contributed by atoms with van der Waals surface area (Å²) in [6, 6.07) is 0. The second-order valence-electron chi connectivity index (χ2n) is 0.476. The molecule has 0 atom stereocenters. The van der Waals surface area contributed by atoms with Crippen LogP contribution >= 0.6 is 0 Å². The molecule has 0 unspecified atom stereocenters. The van der Waals surface area contributed by atoms with Crippen LogP contribution < -0.4 is 0 Å². The molecule has 8 nitrogen and oxygen atoms in total. The summed E-state index contributed by atoms with van der Waals surface area (Å²) in [4.78, 5) is 16.7. The SMILES string of the molecule is O=[N+]([O-])O.O=[N+]([O-])O.[H+].[H+].[H+].[H+].[H+].[H+].[Zn]. The zero-order valence-corrected chi connectivity index (χ0v) is 7.10. The fourth-order valence-corrected chi connectivity index (χ4v) is 0.